The Hall–Kier alpha value is -1.08. The Balaban J connectivity index is 2.06. The summed E-state index contributed by atoms with van der Waals surface area (Å²) < 4.78 is 26.9. The molecule has 1 atom stereocenters. The van der Waals surface area contributed by atoms with E-state index in [2.05, 4.69) is 4.98 Å². The average molecular weight is 265 g/mol. The van der Waals surface area contributed by atoms with Crippen molar-refractivity contribution in [1.29, 1.82) is 0 Å². The number of rotatable bonds is 3. The number of hydrogen-bond acceptors (Lipinski definition) is 5. The first-order chi connectivity index (χ1) is 7.47. The number of aromatic nitrogens is 1. The zero-order valence-electron chi connectivity index (χ0n) is 8.17. The van der Waals surface area contributed by atoms with Gasteiger partial charge in [0.25, 0.3) is 0 Å². The molecule has 88 valence electrons. The Labute approximate surface area is 96.6 Å². The minimum Gasteiger partial charge on any atom is -0.451 e. The first-order valence-electron chi connectivity index (χ1n) is 4.55. The van der Waals surface area contributed by atoms with E-state index in [0.717, 1.165) is 0 Å². The number of carbonyl (C=O) groups excluding carboxylic acids is 1. The molecule has 2 rings (SSSR count). The molecular weight excluding hydrogens is 256 g/mol. The van der Waals surface area contributed by atoms with E-state index in [1.165, 1.54) is 17.6 Å². The van der Waals surface area contributed by atoms with Gasteiger partial charge in [0.2, 0.25) is 15.0 Å². The van der Waals surface area contributed by atoms with Gasteiger partial charge in [-0.15, -0.1) is 0 Å². The summed E-state index contributed by atoms with van der Waals surface area (Å²) in [5.74, 6) is -0.239. The summed E-state index contributed by atoms with van der Waals surface area (Å²) >= 11 is 0. The molecule has 8 heteroatoms. The molecule has 0 N–H and O–H groups in total. The molecule has 0 saturated carbocycles. The second kappa shape index (κ2) is 4.06. The van der Waals surface area contributed by atoms with Gasteiger partial charge in [0, 0.05) is 23.6 Å². The Morgan fingerprint density at radius 2 is 2.38 bits per heavy atom. The maximum atomic E-state index is 11.5. The highest BCUT2D eigenvalue weighted by Crippen LogP contribution is 2.22. The molecule has 0 spiro atoms. The lowest BCUT2D eigenvalue weighted by Crippen LogP contribution is -2.26. The van der Waals surface area contributed by atoms with Crippen molar-refractivity contribution in [2.24, 2.45) is 0 Å². The summed E-state index contributed by atoms with van der Waals surface area (Å²) in [7, 11) is 1.53. The van der Waals surface area contributed by atoms with Gasteiger partial charge in [-0.3, -0.25) is 4.79 Å². The predicted molar refractivity (Wildman–Crippen MR) is 55.1 cm³/mol. The predicted octanol–water partition coefficient (Wildman–Crippen LogP) is 0.344. The number of carbonyl (C=O) groups is 1. The van der Waals surface area contributed by atoms with Gasteiger partial charge in [0.05, 0.1) is 12.2 Å². The summed E-state index contributed by atoms with van der Waals surface area (Å²) in [5.41, 5.74) is 0.584. The molecule has 2 heterocycles. The molecule has 6 nitrogen and oxygen atoms in total. The molecule has 1 amide bonds. The number of likely N-dealkylation sites (tertiary alicyclic amines) is 1. The minimum absolute atomic E-state index is 0.0658. The van der Waals surface area contributed by atoms with Crippen molar-refractivity contribution >= 4 is 25.6 Å². The fraction of sp³-hybridized carbons (Fsp3) is 0.500. The van der Waals surface area contributed by atoms with E-state index >= 15 is 0 Å². The van der Waals surface area contributed by atoms with Gasteiger partial charge in [-0.2, -0.15) is 0 Å². The quantitative estimate of drug-likeness (QED) is 0.736. The van der Waals surface area contributed by atoms with Crippen LogP contribution in [0.1, 0.15) is 12.1 Å². The van der Waals surface area contributed by atoms with Crippen LogP contribution >= 0.6 is 10.7 Å². The van der Waals surface area contributed by atoms with Gasteiger partial charge in [0.15, 0.2) is 6.39 Å². The molecule has 0 aliphatic carbocycles. The summed E-state index contributed by atoms with van der Waals surface area (Å²) in [4.78, 5) is 16.8. The smallest absolute Gasteiger partial charge is 0.237 e. The van der Waals surface area contributed by atoms with E-state index in [0.29, 0.717) is 5.69 Å². The zero-order valence-corrected chi connectivity index (χ0v) is 9.74. The molecule has 1 unspecified atom stereocenters. The number of oxazole rings is 1. The summed E-state index contributed by atoms with van der Waals surface area (Å²) in [6, 6.07) is 0. The molecule has 1 aliphatic rings. The van der Waals surface area contributed by atoms with Crippen LogP contribution in [0, 0.1) is 0 Å². The molecule has 1 fully saturated rings. The summed E-state index contributed by atoms with van der Waals surface area (Å²) in [5, 5.41) is -0.825. The summed E-state index contributed by atoms with van der Waals surface area (Å²) in [6.45, 7) is 0.357. The first kappa shape index (κ1) is 11.4. The second-order valence-corrected chi connectivity index (χ2v) is 6.46. The number of halogens is 1. The van der Waals surface area contributed by atoms with Crippen LogP contribution in [0.25, 0.3) is 0 Å². The zero-order chi connectivity index (χ0) is 11.8. The fourth-order valence-corrected chi connectivity index (χ4v) is 2.65. The third-order valence-corrected chi connectivity index (χ3v) is 4.28. The molecule has 1 aromatic heterocycles. The number of amides is 1. The molecule has 1 aliphatic heterocycles. The topological polar surface area (TPSA) is 80.5 Å². The Kier molecular flexibility index (Phi) is 2.90. The van der Waals surface area contributed by atoms with Crippen LogP contribution in [0.15, 0.2) is 17.1 Å². The van der Waals surface area contributed by atoms with Crippen LogP contribution in [-0.2, 0) is 20.4 Å². The molecule has 16 heavy (non-hydrogen) atoms. The largest absolute Gasteiger partial charge is 0.451 e. The van der Waals surface area contributed by atoms with Crippen LogP contribution in [0.4, 0.5) is 0 Å². The number of hydrogen-bond donors (Lipinski definition) is 0. The first-order valence-corrected chi connectivity index (χ1v) is 6.92. The molecule has 0 radical (unpaired) electrons. The van der Waals surface area contributed by atoms with Crippen LogP contribution in [0.3, 0.4) is 0 Å². The van der Waals surface area contributed by atoms with Gasteiger partial charge in [-0.1, -0.05) is 0 Å². The van der Waals surface area contributed by atoms with Crippen LogP contribution in [0.2, 0.25) is 0 Å². The molecule has 1 aromatic rings. The van der Waals surface area contributed by atoms with E-state index in [4.69, 9.17) is 15.1 Å². The van der Waals surface area contributed by atoms with Gasteiger partial charge in [0.1, 0.15) is 11.5 Å². The van der Waals surface area contributed by atoms with Crippen molar-refractivity contribution < 1.29 is 17.6 Å². The average Bonchev–Trinajstić information content (AvgIpc) is 2.76. The Morgan fingerprint density at radius 3 is 2.88 bits per heavy atom. The molecule has 0 bridgehead atoms. The lowest BCUT2D eigenvalue weighted by atomic mass is 10.4. The van der Waals surface area contributed by atoms with E-state index in [1.54, 1.807) is 0 Å². The highest BCUT2D eigenvalue weighted by Gasteiger charge is 2.37. The van der Waals surface area contributed by atoms with E-state index in [9.17, 15) is 13.2 Å². The maximum Gasteiger partial charge on any atom is 0.237 e. The highest BCUT2D eigenvalue weighted by atomic mass is 35.7. The van der Waals surface area contributed by atoms with Crippen molar-refractivity contribution in [1.82, 2.24) is 9.88 Å². The Morgan fingerprint density at radius 1 is 1.62 bits per heavy atom. The highest BCUT2D eigenvalue weighted by molar-refractivity contribution is 8.14. The van der Waals surface area contributed by atoms with Gasteiger partial charge in [-0.05, 0) is 0 Å². The van der Waals surface area contributed by atoms with Crippen molar-refractivity contribution in [3.8, 4) is 0 Å². The Bertz CT molecular complexity index is 484. The normalized spacial score (nSPS) is 21.7. The van der Waals surface area contributed by atoms with Gasteiger partial charge >= 0.3 is 0 Å². The molecule has 1 saturated heterocycles. The van der Waals surface area contributed by atoms with Gasteiger partial charge in [-0.25, -0.2) is 13.4 Å². The number of nitrogens with zero attached hydrogens (tertiary/aromatic N) is 2. The van der Waals surface area contributed by atoms with E-state index in [1.807, 2.05) is 0 Å². The lowest BCUT2D eigenvalue weighted by molar-refractivity contribution is -0.128. The molecular formula is C8H9ClN2O4S. The lowest BCUT2D eigenvalue weighted by Gasteiger charge is -2.13. The second-order valence-electron chi connectivity index (χ2n) is 3.56. The third kappa shape index (κ3) is 2.35. The standard InChI is InChI=1S/C8H9ClN2O4S/c9-16(13,14)7-1-8(12)11(3-7)2-6-4-15-5-10-6/h4-5,7H,1-3H2. The van der Waals surface area contributed by atoms with Gasteiger partial charge < -0.3 is 9.32 Å². The third-order valence-electron chi connectivity index (χ3n) is 2.41. The maximum absolute atomic E-state index is 11.5. The minimum atomic E-state index is -3.68. The summed E-state index contributed by atoms with van der Waals surface area (Å²) in [6.07, 6.45) is 2.60. The monoisotopic (exact) mass is 264 g/mol. The van der Waals surface area contributed by atoms with Crippen molar-refractivity contribution in [2.75, 3.05) is 6.54 Å². The fourth-order valence-electron chi connectivity index (χ4n) is 1.59. The van der Waals surface area contributed by atoms with Crippen molar-refractivity contribution in [3.05, 3.63) is 18.4 Å². The van der Waals surface area contributed by atoms with Crippen molar-refractivity contribution in [3.63, 3.8) is 0 Å². The van der Waals surface area contributed by atoms with Crippen LogP contribution in [-0.4, -0.2) is 36.0 Å². The molecule has 0 aromatic carbocycles. The van der Waals surface area contributed by atoms with Crippen molar-refractivity contribution in [2.45, 2.75) is 18.2 Å². The van der Waals surface area contributed by atoms with E-state index in [-0.39, 0.29) is 25.4 Å². The van der Waals surface area contributed by atoms with Crippen LogP contribution in [0.5, 0.6) is 0 Å². The van der Waals surface area contributed by atoms with E-state index < -0.39 is 14.3 Å². The van der Waals surface area contributed by atoms with Crippen LogP contribution < -0.4 is 0 Å². The SMILES string of the molecule is O=C1CC(S(=O)(=O)Cl)CN1Cc1cocn1.